The molecule has 0 amide bonds. The minimum absolute atomic E-state index is 0.376. The highest BCUT2D eigenvalue weighted by molar-refractivity contribution is 5.53. The maximum absolute atomic E-state index is 12.7. The molecule has 72 valence electrons. The molecular weight excluding hydrogens is 190 g/mol. The zero-order valence-corrected chi connectivity index (χ0v) is 6.23. The Morgan fingerprint density at radius 2 is 1.85 bits per heavy atom. The summed E-state index contributed by atoms with van der Waals surface area (Å²) in [5, 5.41) is 0. The van der Waals surface area contributed by atoms with E-state index in [-0.39, 0.29) is 5.69 Å². The average Bonchev–Trinajstić information content (AvgIpc) is 2.05. The second-order valence-electron chi connectivity index (χ2n) is 2.16. The van der Waals surface area contributed by atoms with Crippen LogP contribution in [0.4, 0.5) is 23.2 Å². The van der Waals surface area contributed by atoms with Crippen molar-refractivity contribution in [3.8, 4) is 5.75 Å². The molecule has 0 radical (unpaired) electrons. The fourth-order valence-corrected chi connectivity index (χ4v) is 0.756. The molecule has 1 aromatic rings. The Balaban J connectivity index is 3.10. The molecule has 0 heterocycles. The van der Waals surface area contributed by atoms with Crippen LogP contribution in [-0.2, 0) is 0 Å². The van der Waals surface area contributed by atoms with Crippen molar-refractivity contribution in [3.63, 3.8) is 0 Å². The van der Waals surface area contributed by atoms with Gasteiger partial charge in [0.15, 0.2) is 11.6 Å². The molecule has 0 aliphatic rings. The van der Waals surface area contributed by atoms with Gasteiger partial charge in [-0.05, 0) is 12.1 Å². The van der Waals surface area contributed by atoms with Gasteiger partial charge < -0.3 is 10.5 Å². The average molecular weight is 195 g/mol. The molecule has 0 bridgehead atoms. The van der Waals surface area contributed by atoms with Crippen LogP contribution >= 0.6 is 0 Å². The lowest BCUT2D eigenvalue weighted by atomic mass is 10.3. The van der Waals surface area contributed by atoms with E-state index in [0.29, 0.717) is 0 Å². The van der Waals surface area contributed by atoms with E-state index in [2.05, 4.69) is 4.74 Å². The Morgan fingerprint density at radius 1 is 1.23 bits per heavy atom. The lowest BCUT2D eigenvalue weighted by Crippen LogP contribution is -2.07. The van der Waals surface area contributed by atoms with Crippen molar-refractivity contribution < 1.29 is 22.3 Å². The summed E-state index contributed by atoms with van der Waals surface area (Å²) in [6, 6.07) is 1.67. The SMILES string of the molecule is Nc1ccc(F)c(F)c1OC(F)F. The van der Waals surface area contributed by atoms with Gasteiger partial charge in [0.1, 0.15) is 0 Å². The zero-order chi connectivity index (χ0) is 10.0. The van der Waals surface area contributed by atoms with Gasteiger partial charge in [0.05, 0.1) is 5.69 Å². The van der Waals surface area contributed by atoms with Gasteiger partial charge in [-0.3, -0.25) is 0 Å². The van der Waals surface area contributed by atoms with Crippen LogP contribution in [0.5, 0.6) is 5.75 Å². The number of halogens is 4. The number of nitrogens with two attached hydrogens (primary N) is 1. The summed E-state index contributed by atoms with van der Waals surface area (Å²) in [5.41, 5.74) is 4.70. The fourth-order valence-electron chi connectivity index (χ4n) is 0.756. The maximum atomic E-state index is 12.7. The highest BCUT2D eigenvalue weighted by atomic mass is 19.3. The van der Waals surface area contributed by atoms with E-state index in [1.54, 1.807) is 0 Å². The van der Waals surface area contributed by atoms with Crippen molar-refractivity contribution in [2.75, 3.05) is 5.73 Å². The molecule has 0 spiro atoms. The first-order valence-corrected chi connectivity index (χ1v) is 3.20. The van der Waals surface area contributed by atoms with Gasteiger partial charge in [-0.1, -0.05) is 0 Å². The highest BCUT2D eigenvalue weighted by Gasteiger charge is 2.16. The number of ether oxygens (including phenoxy) is 1. The first-order chi connectivity index (χ1) is 6.02. The lowest BCUT2D eigenvalue weighted by Gasteiger charge is -2.08. The van der Waals surface area contributed by atoms with Crippen molar-refractivity contribution in [2.45, 2.75) is 6.61 Å². The topological polar surface area (TPSA) is 35.2 Å². The molecule has 0 atom stereocenters. The minimum Gasteiger partial charge on any atom is -0.429 e. The fraction of sp³-hybridized carbons (Fsp3) is 0.143. The van der Waals surface area contributed by atoms with Crippen LogP contribution in [-0.4, -0.2) is 6.61 Å². The molecule has 0 saturated heterocycles. The van der Waals surface area contributed by atoms with Crippen molar-refractivity contribution >= 4 is 5.69 Å². The van der Waals surface area contributed by atoms with Gasteiger partial charge in [0.2, 0.25) is 5.82 Å². The molecule has 0 aromatic heterocycles. The third kappa shape index (κ3) is 2.01. The number of anilines is 1. The second-order valence-corrected chi connectivity index (χ2v) is 2.16. The van der Waals surface area contributed by atoms with E-state index < -0.39 is 24.0 Å². The van der Waals surface area contributed by atoms with E-state index >= 15 is 0 Å². The summed E-state index contributed by atoms with van der Waals surface area (Å²) in [7, 11) is 0. The molecule has 0 fully saturated rings. The first kappa shape index (κ1) is 9.63. The van der Waals surface area contributed by atoms with Crippen molar-refractivity contribution in [1.82, 2.24) is 0 Å². The largest absolute Gasteiger partial charge is 0.429 e. The summed E-state index contributed by atoms with van der Waals surface area (Å²) >= 11 is 0. The molecule has 0 aliphatic heterocycles. The van der Waals surface area contributed by atoms with Gasteiger partial charge >= 0.3 is 6.61 Å². The molecular formula is C7H5F4NO. The Kier molecular flexibility index (Phi) is 2.60. The molecule has 1 aromatic carbocycles. The van der Waals surface area contributed by atoms with Crippen LogP contribution in [0.2, 0.25) is 0 Å². The number of hydrogen-bond acceptors (Lipinski definition) is 2. The van der Waals surface area contributed by atoms with Crippen LogP contribution in [0.1, 0.15) is 0 Å². The van der Waals surface area contributed by atoms with Gasteiger partial charge in [-0.25, -0.2) is 4.39 Å². The van der Waals surface area contributed by atoms with Crippen LogP contribution in [0.25, 0.3) is 0 Å². The number of benzene rings is 1. The Bertz CT molecular complexity index is 316. The van der Waals surface area contributed by atoms with Crippen LogP contribution in [0, 0.1) is 11.6 Å². The summed E-state index contributed by atoms with van der Waals surface area (Å²) in [4.78, 5) is 0. The Labute approximate surface area is 70.9 Å². The predicted molar refractivity (Wildman–Crippen MR) is 37.4 cm³/mol. The standard InChI is InChI=1S/C7H5F4NO/c8-3-1-2-4(12)6(5(3)9)13-7(10)11/h1-2,7H,12H2. The molecule has 1 rings (SSSR count). The third-order valence-corrected chi connectivity index (χ3v) is 1.29. The van der Waals surface area contributed by atoms with E-state index in [1.165, 1.54) is 0 Å². The molecule has 0 unspecified atom stereocenters. The number of alkyl halides is 2. The van der Waals surface area contributed by atoms with Crippen LogP contribution in [0.15, 0.2) is 12.1 Å². The molecule has 2 N–H and O–H groups in total. The van der Waals surface area contributed by atoms with E-state index in [4.69, 9.17) is 5.73 Å². The molecule has 6 heteroatoms. The Hall–Kier alpha value is -1.46. The molecule has 13 heavy (non-hydrogen) atoms. The first-order valence-electron chi connectivity index (χ1n) is 3.20. The zero-order valence-electron chi connectivity index (χ0n) is 6.23. The lowest BCUT2D eigenvalue weighted by molar-refractivity contribution is -0.0519. The number of hydrogen-bond donors (Lipinski definition) is 1. The van der Waals surface area contributed by atoms with Crippen molar-refractivity contribution in [3.05, 3.63) is 23.8 Å². The van der Waals surface area contributed by atoms with Crippen LogP contribution in [0.3, 0.4) is 0 Å². The smallest absolute Gasteiger partial charge is 0.387 e. The van der Waals surface area contributed by atoms with Crippen LogP contribution < -0.4 is 10.5 Å². The summed E-state index contributed by atoms with van der Waals surface area (Å²) in [5.74, 6) is -3.76. The number of nitrogen functional groups attached to an aromatic ring is 1. The molecule has 0 aliphatic carbocycles. The van der Waals surface area contributed by atoms with Gasteiger partial charge in [0.25, 0.3) is 0 Å². The maximum Gasteiger partial charge on any atom is 0.387 e. The van der Waals surface area contributed by atoms with Gasteiger partial charge in [-0.2, -0.15) is 13.2 Å². The minimum atomic E-state index is -3.24. The third-order valence-electron chi connectivity index (χ3n) is 1.29. The second kappa shape index (κ2) is 3.51. The van der Waals surface area contributed by atoms with Gasteiger partial charge in [-0.15, -0.1) is 0 Å². The molecule has 2 nitrogen and oxygen atoms in total. The normalized spacial score (nSPS) is 10.5. The monoisotopic (exact) mass is 195 g/mol. The van der Waals surface area contributed by atoms with E-state index in [0.717, 1.165) is 12.1 Å². The summed E-state index contributed by atoms with van der Waals surface area (Å²) < 4.78 is 52.1. The predicted octanol–water partition coefficient (Wildman–Crippen LogP) is 2.15. The van der Waals surface area contributed by atoms with Crippen molar-refractivity contribution in [1.29, 1.82) is 0 Å². The molecule has 0 saturated carbocycles. The Morgan fingerprint density at radius 3 is 2.38 bits per heavy atom. The van der Waals surface area contributed by atoms with Crippen molar-refractivity contribution in [2.24, 2.45) is 0 Å². The quantitative estimate of drug-likeness (QED) is 0.579. The summed E-state index contributed by atoms with van der Waals surface area (Å²) in [6.45, 7) is -3.24. The van der Waals surface area contributed by atoms with E-state index in [9.17, 15) is 17.6 Å². The summed E-state index contributed by atoms with van der Waals surface area (Å²) in [6.07, 6.45) is 0. The van der Waals surface area contributed by atoms with Gasteiger partial charge in [0, 0.05) is 0 Å². The highest BCUT2D eigenvalue weighted by Crippen LogP contribution is 2.28. The van der Waals surface area contributed by atoms with E-state index in [1.807, 2.05) is 0 Å². The number of rotatable bonds is 2.